The average molecular weight is 182 g/mol. The standard InChI is InChI=1S/C4H11N2O4P/c7-11(8,9)10-6-3-1-5-2-4-6/h5H,1-4H2,(H2,7,8,9). The molecule has 11 heavy (non-hydrogen) atoms. The van der Waals surface area contributed by atoms with E-state index in [1.54, 1.807) is 0 Å². The SMILES string of the molecule is O=P(O)(O)ON1CCNCC1. The summed E-state index contributed by atoms with van der Waals surface area (Å²) < 4.78 is 14.6. The monoisotopic (exact) mass is 182 g/mol. The van der Waals surface area contributed by atoms with E-state index < -0.39 is 7.82 Å². The highest BCUT2D eigenvalue weighted by Gasteiger charge is 2.21. The summed E-state index contributed by atoms with van der Waals surface area (Å²) >= 11 is 0. The van der Waals surface area contributed by atoms with Gasteiger partial charge in [-0.15, -0.1) is 0 Å². The molecule has 6 nitrogen and oxygen atoms in total. The van der Waals surface area contributed by atoms with Crippen LogP contribution < -0.4 is 5.32 Å². The van der Waals surface area contributed by atoms with Crippen LogP contribution in [0.25, 0.3) is 0 Å². The van der Waals surface area contributed by atoms with Gasteiger partial charge in [-0.3, -0.25) is 0 Å². The van der Waals surface area contributed by atoms with Crippen LogP contribution >= 0.6 is 7.82 Å². The summed E-state index contributed by atoms with van der Waals surface area (Å²) in [5, 5.41) is 4.30. The highest BCUT2D eigenvalue weighted by Crippen LogP contribution is 2.36. The largest absolute Gasteiger partial charge is 0.486 e. The Bertz CT molecular complexity index is 163. The van der Waals surface area contributed by atoms with Crippen molar-refractivity contribution in [3.05, 3.63) is 0 Å². The van der Waals surface area contributed by atoms with E-state index in [1.165, 1.54) is 5.06 Å². The molecule has 0 radical (unpaired) electrons. The zero-order chi connectivity index (χ0) is 8.32. The lowest BCUT2D eigenvalue weighted by Crippen LogP contribution is -2.42. The Morgan fingerprint density at radius 2 is 1.91 bits per heavy atom. The Hall–Kier alpha value is 0.0300. The first kappa shape index (κ1) is 9.12. The predicted octanol–water partition coefficient (Wildman–Crippen LogP) is -1.08. The van der Waals surface area contributed by atoms with Crippen molar-refractivity contribution in [1.29, 1.82) is 0 Å². The van der Waals surface area contributed by atoms with E-state index in [1.807, 2.05) is 0 Å². The molecule has 0 aliphatic carbocycles. The van der Waals surface area contributed by atoms with Crippen molar-refractivity contribution in [2.75, 3.05) is 26.2 Å². The lowest BCUT2D eigenvalue weighted by molar-refractivity contribution is -0.0877. The molecule has 0 spiro atoms. The summed E-state index contributed by atoms with van der Waals surface area (Å²) in [6.07, 6.45) is 0. The minimum absolute atomic E-state index is 0.505. The molecule has 1 saturated heterocycles. The zero-order valence-corrected chi connectivity index (χ0v) is 6.83. The molecule has 3 N–H and O–H groups in total. The molecule has 1 aliphatic rings. The molecular weight excluding hydrogens is 171 g/mol. The van der Waals surface area contributed by atoms with Gasteiger partial charge in [0.1, 0.15) is 0 Å². The number of rotatable bonds is 2. The molecule has 1 rings (SSSR count). The van der Waals surface area contributed by atoms with Gasteiger partial charge in [0.2, 0.25) is 0 Å². The molecule has 0 bridgehead atoms. The second kappa shape index (κ2) is 3.62. The maximum atomic E-state index is 10.3. The van der Waals surface area contributed by atoms with E-state index in [0.717, 1.165) is 0 Å². The van der Waals surface area contributed by atoms with E-state index in [9.17, 15) is 4.57 Å². The van der Waals surface area contributed by atoms with E-state index in [0.29, 0.717) is 26.2 Å². The van der Waals surface area contributed by atoms with Crippen LogP contribution in [0.2, 0.25) is 0 Å². The number of hydroxylamine groups is 2. The first-order valence-corrected chi connectivity index (χ1v) is 4.82. The third-order valence-corrected chi connectivity index (χ3v) is 1.74. The van der Waals surface area contributed by atoms with Crippen LogP contribution in [0, 0.1) is 0 Å². The van der Waals surface area contributed by atoms with Crippen LogP contribution in [0.1, 0.15) is 0 Å². The second-order valence-electron chi connectivity index (χ2n) is 2.25. The highest BCUT2D eigenvalue weighted by atomic mass is 31.2. The predicted molar refractivity (Wildman–Crippen MR) is 37.6 cm³/mol. The van der Waals surface area contributed by atoms with Crippen LogP contribution in [0.15, 0.2) is 0 Å². The normalized spacial score (nSPS) is 22.0. The molecule has 0 amide bonds. The molecule has 0 unspecified atom stereocenters. The van der Waals surface area contributed by atoms with Crippen LogP contribution in [0.4, 0.5) is 0 Å². The average Bonchev–Trinajstić information content (AvgIpc) is 1.85. The van der Waals surface area contributed by atoms with Gasteiger partial charge in [-0.25, -0.2) is 4.57 Å². The van der Waals surface area contributed by atoms with Crippen LogP contribution in [-0.4, -0.2) is 41.0 Å². The molecule has 1 aliphatic heterocycles. The fourth-order valence-corrected chi connectivity index (χ4v) is 1.34. The van der Waals surface area contributed by atoms with Gasteiger partial charge < -0.3 is 15.1 Å². The molecule has 0 saturated carbocycles. The lowest BCUT2D eigenvalue weighted by atomic mass is 10.4. The quantitative estimate of drug-likeness (QED) is 0.471. The van der Waals surface area contributed by atoms with Crippen molar-refractivity contribution in [3.8, 4) is 0 Å². The summed E-state index contributed by atoms with van der Waals surface area (Å²) in [5.74, 6) is 0. The molecular formula is C4H11N2O4P. The third kappa shape index (κ3) is 3.81. The maximum Gasteiger partial charge on any atom is 0.486 e. The van der Waals surface area contributed by atoms with Crippen molar-refractivity contribution in [2.24, 2.45) is 0 Å². The topological polar surface area (TPSA) is 82.0 Å². The van der Waals surface area contributed by atoms with Gasteiger partial charge in [0.05, 0.1) is 0 Å². The number of piperazine rings is 1. The van der Waals surface area contributed by atoms with Gasteiger partial charge in [0.15, 0.2) is 0 Å². The lowest BCUT2D eigenvalue weighted by Gasteiger charge is -2.25. The number of hydrogen-bond donors (Lipinski definition) is 3. The minimum Gasteiger partial charge on any atom is -0.314 e. The molecule has 0 aromatic heterocycles. The van der Waals surface area contributed by atoms with Crippen molar-refractivity contribution in [3.63, 3.8) is 0 Å². The van der Waals surface area contributed by atoms with Gasteiger partial charge >= 0.3 is 7.82 Å². The fraction of sp³-hybridized carbons (Fsp3) is 1.00. The molecule has 0 aromatic carbocycles. The van der Waals surface area contributed by atoms with Crippen LogP contribution in [0.5, 0.6) is 0 Å². The maximum absolute atomic E-state index is 10.3. The van der Waals surface area contributed by atoms with Crippen molar-refractivity contribution in [2.45, 2.75) is 0 Å². The van der Waals surface area contributed by atoms with Crippen molar-refractivity contribution in [1.82, 2.24) is 10.4 Å². The van der Waals surface area contributed by atoms with Gasteiger partial charge in [0.25, 0.3) is 0 Å². The summed E-state index contributed by atoms with van der Waals surface area (Å²) in [6, 6.07) is 0. The Balaban J connectivity index is 2.30. The van der Waals surface area contributed by atoms with Crippen LogP contribution in [0.3, 0.4) is 0 Å². The van der Waals surface area contributed by atoms with Gasteiger partial charge in [-0.05, 0) is 0 Å². The smallest absolute Gasteiger partial charge is 0.314 e. The molecule has 1 fully saturated rings. The first-order valence-electron chi connectivity index (χ1n) is 3.29. The Kier molecular flexibility index (Phi) is 3.00. The van der Waals surface area contributed by atoms with Crippen LogP contribution in [-0.2, 0) is 9.19 Å². The Morgan fingerprint density at radius 3 is 2.36 bits per heavy atom. The minimum atomic E-state index is -4.34. The Labute approximate surface area is 64.3 Å². The van der Waals surface area contributed by atoms with Crippen molar-refractivity contribution >= 4 is 7.82 Å². The summed E-state index contributed by atoms with van der Waals surface area (Å²) in [7, 11) is -4.34. The molecule has 1 heterocycles. The van der Waals surface area contributed by atoms with E-state index in [4.69, 9.17) is 9.79 Å². The number of nitrogens with one attached hydrogen (secondary N) is 1. The van der Waals surface area contributed by atoms with E-state index in [2.05, 4.69) is 9.94 Å². The molecule has 0 aromatic rings. The first-order chi connectivity index (χ1) is 5.08. The number of hydrogen-bond acceptors (Lipinski definition) is 4. The highest BCUT2D eigenvalue weighted by molar-refractivity contribution is 7.46. The van der Waals surface area contributed by atoms with E-state index >= 15 is 0 Å². The van der Waals surface area contributed by atoms with E-state index in [-0.39, 0.29) is 0 Å². The fourth-order valence-electron chi connectivity index (χ4n) is 0.876. The van der Waals surface area contributed by atoms with Gasteiger partial charge in [-0.1, -0.05) is 0 Å². The zero-order valence-electron chi connectivity index (χ0n) is 5.93. The summed E-state index contributed by atoms with van der Waals surface area (Å²) in [4.78, 5) is 16.8. The van der Waals surface area contributed by atoms with Gasteiger partial charge in [0, 0.05) is 26.2 Å². The third-order valence-electron chi connectivity index (χ3n) is 1.30. The van der Waals surface area contributed by atoms with Crippen molar-refractivity contribution < 1.29 is 19.0 Å². The van der Waals surface area contributed by atoms with Gasteiger partial charge in [-0.2, -0.15) is 9.69 Å². The summed E-state index contributed by atoms with van der Waals surface area (Å²) in [6.45, 7) is 2.40. The molecule has 66 valence electrons. The second-order valence-corrected chi connectivity index (χ2v) is 3.40. The number of phosphoric acid groups is 1. The molecule has 7 heteroatoms. The summed E-state index contributed by atoms with van der Waals surface area (Å²) in [5.41, 5.74) is 0. The Morgan fingerprint density at radius 1 is 1.36 bits per heavy atom. The number of nitrogens with zero attached hydrogens (tertiary/aromatic N) is 1. The molecule has 0 atom stereocenters.